The minimum atomic E-state index is -0.807. The quantitative estimate of drug-likeness (QED) is 0.385. The first-order valence-electron chi connectivity index (χ1n) is 4.52. The van der Waals surface area contributed by atoms with Crippen LogP contribution in [0.3, 0.4) is 0 Å². The Hall–Kier alpha value is -1.32. The molecule has 0 radical (unpaired) electrons. The molecule has 0 aliphatic heterocycles. The number of carbonyl (C=O) groups excluding carboxylic acids is 2. The fourth-order valence-electron chi connectivity index (χ4n) is 1.13. The molecular weight excluding hydrogens is 184 g/mol. The summed E-state index contributed by atoms with van der Waals surface area (Å²) < 4.78 is 9.04. The van der Waals surface area contributed by atoms with Crippen LogP contribution in [0.5, 0.6) is 0 Å². The summed E-state index contributed by atoms with van der Waals surface area (Å²) in [5, 5.41) is 0. The van der Waals surface area contributed by atoms with E-state index < -0.39 is 17.9 Å². The van der Waals surface area contributed by atoms with Crippen molar-refractivity contribution in [2.24, 2.45) is 5.92 Å². The maximum absolute atomic E-state index is 11.2. The van der Waals surface area contributed by atoms with E-state index in [-0.39, 0.29) is 0 Å². The van der Waals surface area contributed by atoms with Crippen molar-refractivity contribution in [1.82, 2.24) is 0 Å². The number of methoxy groups -OCH3 is 2. The molecule has 4 heteroatoms. The molecule has 0 amide bonds. The van der Waals surface area contributed by atoms with Gasteiger partial charge in [0.05, 0.1) is 14.2 Å². The lowest BCUT2D eigenvalue weighted by Crippen LogP contribution is -2.25. The first kappa shape index (κ1) is 10.8. The van der Waals surface area contributed by atoms with Crippen molar-refractivity contribution in [2.45, 2.75) is 19.3 Å². The van der Waals surface area contributed by atoms with E-state index in [1.165, 1.54) is 19.8 Å². The molecule has 78 valence electrons. The van der Waals surface area contributed by atoms with Gasteiger partial charge in [-0.2, -0.15) is 0 Å². The fraction of sp³-hybridized carbons (Fsp3) is 0.600. The first-order chi connectivity index (χ1) is 6.69. The van der Waals surface area contributed by atoms with Crippen LogP contribution in [0.15, 0.2) is 11.6 Å². The summed E-state index contributed by atoms with van der Waals surface area (Å²) in [4.78, 5) is 22.4. The lowest BCUT2D eigenvalue weighted by molar-refractivity contribution is -0.158. The van der Waals surface area contributed by atoms with Crippen LogP contribution in [0.1, 0.15) is 19.3 Å². The maximum Gasteiger partial charge on any atom is 0.320 e. The number of hydrogen-bond acceptors (Lipinski definition) is 4. The second-order valence-electron chi connectivity index (χ2n) is 3.20. The van der Waals surface area contributed by atoms with Gasteiger partial charge >= 0.3 is 11.9 Å². The third kappa shape index (κ3) is 2.87. The number of esters is 2. The monoisotopic (exact) mass is 198 g/mol. The van der Waals surface area contributed by atoms with E-state index in [4.69, 9.17) is 0 Å². The van der Waals surface area contributed by atoms with E-state index in [2.05, 4.69) is 9.47 Å². The summed E-state index contributed by atoms with van der Waals surface area (Å²) in [6.07, 6.45) is 4.46. The van der Waals surface area contributed by atoms with Crippen molar-refractivity contribution >= 4 is 11.9 Å². The van der Waals surface area contributed by atoms with Crippen LogP contribution >= 0.6 is 0 Å². The molecule has 1 saturated carbocycles. The average Bonchev–Trinajstić information content (AvgIpc) is 3.00. The number of allylic oxidation sites excluding steroid dienone is 2. The molecule has 0 spiro atoms. The maximum atomic E-state index is 11.2. The van der Waals surface area contributed by atoms with E-state index in [1.54, 1.807) is 0 Å². The van der Waals surface area contributed by atoms with Crippen LogP contribution in [0.2, 0.25) is 0 Å². The Labute approximate surface area is 82.9 Å². The summed E-state index contributed by atoms with van der Waals surface area (Å²) in [5.41, 5.74) is 1.29. The fourth-order valence-corrected chi connectivity index (χ4v) is 1.13. The van der Waals surface area contributed by atoms with Gasteiger partial charge in [-0.15, -0.1) is 0 Å². The smallest absolute Gasteiger partial charge is 0.320 e. The molecule has 14 heavy (non-hydrogen) atoms. The van der Waals surface area contributed by atoms with Crippen LogP contribution in [0.25, 0.3) is 0 Å². The number of ether oxygens (including phenoxy) is 2. The molecule has 0 saturated heterocycles. The minimum Gasteiger partial charge on any atom is -0.468 e. The molecule has 0 heterocycles. The zero-order valence-corrected chi connectivity index (χ0v) is 8.41. The van der Waals surface area contributed by atoms with Crippen LogP contribution < -0.4 is 0 Å². The summed E-state index contributed by atoms with van der Waals surface area (Å²) >= 11 is 0. The van der Waals surface area contributed by atoms with Crippen LogP contribution in [0.4, 0.5) is 0 Å². The van der Waals surface area contributed by atoms with E-state index in [9.17, 15) is 9.59 Å². The summed E-state index contributed by atoms with van der Waals surface area (Å²) in [7, 11) is 2.53. The van der Waals surface area contributed by atoms with Gasteiger partial charge in [0, 0.05) is 0 Å². The summed E-state index contributed by atoms with van der Waals surface area (Å²) in [5.74, 6) is -1.87. The summed E-state index contributed by atoms with van der Waals surface area (Å²) in [6.45, 7) is 0. The SMILES string of the molecule is COC(=O)C(CC=C1CC1)C(=O)OC. The standard InChI is InChI=1S/C10H14O4/c1-13-9(11)8(10(12)14-2)6-5-7-3-4-7/h5,8H,3-4,6H2,1-2H3. The molecule has 0 aromatic rings. The van der Waals surface area contributed by atoms with Gasteiger partial charge in [-0.25, -0.2) is 0 Å². The lowest BCUT2D eigenvalue weighted by atomic mass is 10.1. The van der Waals surface area contributed by atoms with Crippen molar-refractivity contribution < 1.29 is 19.1 Å². The number of carbonyl (C=O) groups is 2. The second-order valence-corrected chi connectivity index (χ2v) is 3.20. The topological polar surface area (TPSA) is 52.6 Å². The Morgan fingerprint density at radius 1 is 1.29 bits per heavy atom. The largest absolute Gasteiger partial charge is 0.468 e. The van der Waals surface area contributed by atoms with Crippen molar-refractivity contribution in [1.29, 1.82) is 0 Å². The Morgan fingerprint density at radius 3 is 2.14 bits per heavy atom. The first-order valence-corrected chi connectivity index (χ1v) is 4.52. The highest BCUT2D eigenvalue weighted by atomic mass is 16.5. The second kappa shape index (κ2) is 4.79. The Morgan fingerprint density at radius 2 is 1.79 bits per heavy atom. The van der Waals surface area contributed by atoms with Gasteiger partial charge in [-0.3, -0.25) is 9.59 Å². The Bertz CT molecular complexity index is 245. The number of hydrogen-bond donors (Lipinski definition) is 0. The van der Waals surface area contributed by atoms with Crippen LogP contribution in [-0.2, 0) is 19.1 Å². The molecule has 1 fully saturated rings. The van der Waals surface area contributed by atoms with Gasteiger partial charge < -0.3 is 9.47 Å². The zero-order valence-electron chi connectivity index (χ0n) is 8.41. The molecule has 0 bridgehead atoms. The predicted molar refractivity (Wildman–Crippen MR) is 49.5 cm³/mol. The molecule has 0 aromatic carbocycles. The predicted octanol–water partition coefficient (Wildman–Crippen LogP) is 1.06. The highest BCUT2D eigenvalue weighted by molar-refractivity contribution is 5.94. The van der Waals surface area contributed by atoms with Gasteiger partial charge in [0.25, 0.3) is 0 Å². The molecule has 0 aromatic heterocycles. The molecule has 1 rings (SSSR count). The zero-order chi connectivity index (χ0) is 10.6. The lowest BCUT2D eigenvalue weighted by Gasteiger charge is -2.09. The van der Waals surface area contributed by atoms with Gasteiger partial charge in [0.1, 0.15) is 0 Å². The third-order valence-electron chi connectivity index (χ3n) is 2.15. The molecule has 4 nitrogen and oxygen atoms in total. The molecule has 0 N–H and O–H groups in total. The van der Waals surface area contributed by atoms with Crippen molar-refractivity contribution in [3.63, 3.8) is 0 Å². The minimum absolute atomic E-state index is 0.384. The van der Waals surface area contributed by atoms with Crippen molar-refractivity contribution in [2.75, 3.05) is 14.2 Å². The molecule has 1 aliphatic rings. The molecule has 0 unspecified atom stereocenters. The molecule has 1 aliphatic carbocycles. The van der Waals surface area contributed by atoms with Gasteiger partial charge in [0.15, 0.2) is 5.92 Å². The van der Waals surface area contributed by atoms with E-state index in [0.717, 1.165) is 12.8 Å². The van der Waals surface area contributed by atoms with Crippen molar-refractivity contribution in [3.05, 3.63) is 11.6 Å². The average molecular weight is 198 g/mol. The molecular formula is C10H14O4. The Kier molecular flexibility index (Phi) is 3.68. The highest BCUT2D eigenvalue weighted by Gasteiger charge is 2.28. The van der Waals surface area contributed by atoms with E-state index in [1.807, 2.05) is 6.08 Å². The third-order valence-corrected chi connectivity index (χ3v) is 2.15. The van der Waals surface area contributed by atoms with E-state index >= 15 is 0 Å². The number of rotatable bonds is 4. The summed E-state index contributed by atoms with van der Waals surface area (Å²) in [6, 6.07) is 0. The highest BCUT2D eigenvalue weighted by Crippen LogP contribution is 2.29. The van der Waals surface area contributed by atoms with Crippen molar-refractivity contribution in [3.8, 4) is 0 Å². The van der Waals surface area contributed by atoms with E-state index in [0.29, 0.717) is 6.42 Å². The normalized spacial score (nSPS) is 13.8. The van der Waals surface area contributed by atoms with Gasteiger partial charge in [0.2, 0.25) is 0 Å². The van der Waals surface area contributed by atoms with Crippen LogP contribution in [-0.4, -0.2) is 26.2 Å². The molecule has 0 atom stereocenters. The Balaban J connectivity index is 2.55. The van der Waals surface area contributed by atoms with Gasteiger partial charge in [-0.1, -0.05) is 11.6 Å². The van der Waals surface area contributed by atoms with Crippen LogP contribution in [0, 0.1) is 5.92 Å². The van der Waals surface area contributed by atoms with Gasteiger partial charge in [-0.05, 0) is 19.3 Å².